The molecule has 1 aromatic heterocycles. The molecule has 0 unspecified atom stereocenters. The second-order valence-corrected chi connectivity index (χ2v) is 12.0. The number of carbonyl (C=O) groups excluding carboxylic acids is 1. The molecule has 0 bridgehead atoms. The summed E-state index contributed by atoms with van der Waals surface area (Å²) in [5, 5.41) is 0. The summed E-state index contributed by atoms with van der Waals surface area (Å²) in [7, 11) is -0.359. The standard InChI is InChI=1S/C27H32N4O5S/c1-29-24-9-4-3-8-22(24)28-23(26(29)33)10-11-25(32)30-15-12-27(19-30)13-16-31(17-14-27)37(34,35)21-7-5-6-20(18-21)36-2/h3-9,18H,10-17,19H2,1-2H3. The predicted molar refractivity (Wildman–Crippen MR) is 140 cm³/mol. The number of benzene rings is 2. The van der Waals surface area contributed by atoms with Crippen molar-refractivity contribution in [3.63, 3.8) is 0 Å². The van der Waals surface area contributed by atoms with Crippen LogP contribution < -0.4 is 10.3 Å². The summed E-state index contributed by atoms with van der Waals surface area (Å²) < 4.78 is 34.6. The zero-order chi connectivity index (χ0) is 26.2. The molecule has 5 rings (SSSR count). The van der Waals surface area contributed by atoms with Crippen molar-refractivity contribution in [2.75, 3.05) is 33.3 Å². The van der Waals surface area contributed by atoms with Gasteiger partial charge in [-0.3, -0.25) is 9.59 Å². The molecule has 0 radical (unpaired) electrons. The number of likely N-dealkylation sites (tertiary alicyclic amines) is 1. The van der Waals surface area contributed by atoms with Gasteiger partial charge in [0.05, 0.1) is 23.0 Å². The highest BCUT2D eigenvalue weighted by Crippen LogP contribution is 2.41. The fourth-order valence-electron chi connectivity index (χ4n) is 5.55. The Kier molecular flexibility index (Phi) is 6.80. The van der Waals surface area contributed by atoms with E-state index in [1.165, 1.54) is 7.11 Å². The second-order valence-electron chi connectivity index (χ2n) is 10.1. The lowest BCUT2D eigenvalue weighted by atomic mass is 9.78. The van der Waals surface area contributed by atoms with Crippen molar-refractivity contribution in [3.8, 4) is 5.75 Å². The van der Waals surface area contributed by atoms with Gasteiger partial charge in [0.25, 0.3) is 5.56 Å². The number of hydrogen-bond donors (Lipinski definition) is 0. The van der Waals surface area contributed by atoms with E-state index in [1.54, 1.807) is 40.2 Å². The number of piperidine rings is 1. The molecular weight excluding hydrogens is 492 g/mol. The van der Waals surface area contributed by atoms with Crippen molar-refractivity contribution in [2.45, 2.75) is 37.0 Å². The van der Waals surface area contributed by atoms with Crippen LogP contribution in [0.1, 0.15) is 31.4 Å². The van der Waals surface area contributed by atoms with E-state index in [9.17, 15) is 18.0 Å². The Morgan fingerprint density at radius 3 is 2.54 bits per heavy atom. The minimum absolute atomic E-state index is 0.0142. The Morgan fingerprint density at radius 1 is 1.05 bits per heavy atom. The van der Waals surface area contributed by atoms with Crippen molar-refractivity contribution < 1.29 is 17.9 Å². The summed E-state index contributed by atoms with van der Waals surface area (Å²) in [6.07, 6.45) is 2.82. The number of ether oxygens (including phenoxy) is 1. The number of rotatable bonds is 6. The first-order valence-corrected chi connectivity index (χ1v) is 14.0. The topological polar surface area (TPSA) is 102 Å². The number of aryl methyl sites for hydroxylation is 2. The third-order valence-corrected chi connectivity index (χ3v) is 9.77. The molecule has 0 atom stereocenters. The number of fused-ring (bicyclic) bond motifs is 1. The minimum Gasteiger partial charge on any atom is -0.497 e. The summed E-state index contributed by atoms with van der Waals surface area (Å²) in [6.45, 7) is 2.14. The molecule has 2 aliphatic rings. The van der Waals surface area contributed by atoms with Crippen LogP contribution in [-0.2, 0) is 28.3 Å². The molecule has 37 heavy (non-hydrogen) atoms. The molecule has 2 aliphatic heterocycles. The zero-order valence-corrected chi connectivity index (χ0v) is 22.0. The monoisotopic (exact) mass is 524 g/mol. The van der Waals surface area contributed by atoms with Crippen LogP contribution in [0.4, 0.5) is 0 Å². The second kappa shape index (κ2) is 9.90. The Labute approximate surface area is 216 Å². The average Bonchev–Trinajstić information content (AvgIpc) is 3.33. The first-order valence-electron chi connectivity index (χ1n) is 12.6. The minimum atomic E-state index is -3.60. The fraction of sp³-hybridized carbons (Fsp3) is 0.444. The van der Waals surface area contributed by atoms with Crippen LogP contribution in [0.2, 0.25) is 0 Å². The quantitative estimate of drug-likeness (QED) is 0.491. The Bertz CT molecular complexity index is 1490. The lowest BCUT2D eigenvalue weighted by molar-refractivity contribution is -0.130. The average molecular weight is 525 g/mol. The molecule has 2 saturated heterocycles. The van der Waals surface area contributed by atoms with Gasteiger partial charge in [-0.2, -0.15) is 4.31 Å². The van der Waals surface area contributed by atoms with E-state index in [1.807, 2.05) is 29.2 Å². The number of methoxy groups -OCH3 is 1. The number of carbonyl (C=O) groups is 1. The molecule has 0 aliphatic carbocycles. The van der Waals surface area contributed by atoms with Crippen molar-refractivity contribution in [2.24, 2.45) is 12.5 Å². The van der Waals surface area contributed by atoms with E-state index in [-0.39, 0.29) is 28.2 Å². The van der Waals surface area contributed by atoms with Gasteiger partial charge < -0.3 is 14.2 Å². The first kappa shape index (κ1) is 25.4. The molecule has 0 saturated carbocycles. The van der Waals surface area contributed by atoms with Crippen molar-refractivity contribution in [1.82, 2.24) is 18.8 Å². The number of aromatic nitrogens is 2. The number of nitrogens with zero attached hydrogens (tertiary/aromatic N) is 4. The Morgan fingerprint density at radius 2 is 1.78 bits per heavy atom. The molecule has 1 amide bonds. The summed E-state index contributed by atoms with van der Waals surface area (Å²) in [4.78, 5) is 32.4. The van der Waals surface area contributed by atoms with E-state index in [4.69, 9.17) is 4.74 Å². The summed E-state index contributed by atoms with van der Waals surface area (Å²) in [5.74, 6) is 0.525. The largest absolute Gasteiger partial charge is 0.497 e. The van der Waals surface area contributed by atoms with E-state index < -0.39 is 10.0 Å². The van der Waals surface area contributed by atoms with Crippen LogP contribution in [0.25, 0.3) is 11.0 Å². The van der Waals surface area contributed by atoms with Crippen LogP contribution in [0, 0.1) is 5.41 Å². The van der Waals surface area contributed by atoms with Gasteiger partial charge in [0, 0.05) is 52.1 Å². The number of amides is 1. The molecule has 3 heterocycles. The van der Waals surface area contributed by atoms with Gasteiger partial charge in [-0.25, -0.2) is 13.4 Å². The number of para-hydroxylation sites is 2. The summed E-state index contributed by atoms with van der Waals surface area (Å²) in [6, 6.07) is 14.0. The molecule has 2 fully saturated rings. The highest BCUT2D eigenvalue weighted by atomic mass is 32.2. The van der Waals surface area contributed by atoms with Gasteiger partial charge in [0.1, 0.15) is 11.4 Å². The zero-order valence-electron chi connectivity index (χ0n) is 21.2. The molecule has 0 N–H and O–H groups in total. The lowest BCUT2D eigenvalue weighted by Crippen LogP contribution is -2.44. The van der Waals surface area contributed by atoms with E-state index >= 15 is 0 Å². The van der Waals surface area contributed by atoms with Gasteiger partial charge >= 0.3 is 0 Å². The Hall–Kier alpha value is -3.24. The summed E-state index contributed by atoms with van der Waals surface area (Å²) >= 11 is 0. The van der Waals surface area contributed by atoms with E-state index in [0.717, 1.165) is 17.5 Å². The van der Waals surface area contributed by atoms with Gasteiger partial charge in [-0.05, 0) is 48.9 Å². The predicted octanol–water partition coefficient (Wildman–Crippen LogP) is 2.58. The molecule has 1 spiro atoms. The molecule has 10 heteroatoms. The maximum atomic E-state index is 13.2. The molecular formula is C27H32N4O5S. The third-order valence-electron chi connectivity index (χ3n) is 7.88. The molecule has 9 nitrogen and oxygen atoms in total. The fourth-order valence-corrected chi connectivity index (χ4v) is 7.03. The van der Waals surface area contributed by atoms with Crippen LogP contribution in [0.3, 0.4) is 0 Å². The normalized spacial score (nSPS) is 17.9. The van der Waals surface area contributed by atoms with Crippen LogP contribution in [-0.4, -0.2) is 66.4 Å². The lowest BCUT2D eigenvalue weighted by Gasteiger charge is -2.38. The van der Waals surface area contributed by atoms with Crippen molar-refractivity contribution in [3.05, 3.63) is 64.6 Å². The van der Waals surface area contributed by atoms with Gasteiger partial charge in [0.2, 0.25) is 15.9 Å². The SMILES string of the molecule is COc1cccc(S(=O)(=O)N2CCC3(CCN(C(=O)CCc4nc5ccccc5n(C)c4=O)C3)CC2)c1. The van der Waals surface area contributed by atoms with Crippen LogP contribution >= 0.6 is 0 Å². The molecule has 3 aromatic rings. The van der Waals surface area contributed by atoms with Gasteiger partial charge in [0.15, 0.2) is 0 Å². The Balaban J connectivity index is 1.20. The number of hydrogen-bond acceptors (Lipinski definition) is 6. The number of sulfonamides is 1. The maximum absolute atomic E-state index is 13.2. The maximum Gasteiger partial charge on any atom is 0.272 e. The van der Waals surface area contributed by atoms with Gasteiger partial charge in [-0.15, -0.1) is 0 Å². The van der Waals surface area contributed by atoms with Crippen molar-refractivity contribution in [1.29, 1.82) is 0 Å². The van der Waals surface area contributed by atoms with Crippen LogP contribution in [0.5, 0.6) is 5.75 Å². The van der Waals surface area contributed by atoms with Gasteiger partial charge in [-0.1, -0.05) is 18.2 Å². The van der Waals surface area contributed by atoms with E-state index in [0.29, 0.717) is 56.9 Å². The highest BCUT2D eigenvalue weighted by molar-refractivity contribution is 7.89. The summed E-state index contributed by atoms with van der Waals surface area (Å²) in [5.41, 5.74) is 1.67. The van der Waals surface area contributed by atoms with Crippen LogP contribution in [0.15, 0.2) is 58.2 Å². The molecule has 2 aromatic carbocycles. The molecule has 196 valence electrons. The van der Waals surface area contributed by atoms with E-state index in [2.05, 4.69) is 4.98 Å². The highest BCUT2D eigenvalue weighted by Gasteiger charge is 2.44. The smallest absolute Gasteiger partial charge is 0.272 e. The van der Waals surface area contributed by atoms with Crippen molar-refractivity contribution >= 4 is 27.0 Å². The first-order chi connectivity index (χ1) is 17.7. The third kappa shape index (κ3) is 4.87.